The van der Waals surface area contributed by atoms with E-state index < -0.39 is 0 Å². The molecule has 0 spiro atoms. The highest BCUT2D eigenvalue weighted by molar-refractivity contribution is 6.10. The SMILES string of the molecule is CCOc1ccc(CC(=O)Nc2ccc3c(c2)C(=O)N(C)c2cc(C)ccc2O3)cc1. The summed E-state index contributed by atoms with van der Waals surface area (Å²) in [7, 11) is 1.72. The number of anilines is 2. The van der Waals surface area contributed by atoms with Crippen LogP contribution in [0.4, 0.5) is 11.4 Å². The average Bonchev–Trinajstić information content (AvgIpc) is 2.85. The first-order chi connectivity index (χ1) is 14.9. The molecule has 158 valence electrons. The van der Waals surface area contributed by atoms with Gasteiger partial charge in [-0.3, -0.25) is 9.59 Å². The molecule has 0 unspecified atom stereocenters. The fourth-order valence-electron chi connectivity index (χ4n) is 3.51. The minimum Gasteiger partial charge on any atom is -0.494 e. The summed E-state index contributed by atoms with van der Waals surface area (Å²) in [4.78, 5) is 27.1. The molecule has 0 aromatic heterocycles. The second kappa shape index (κ2) is 8.52. The number of rotatable bonds is 5. The number of ether oxygens (including phenoxy) is 2. The summed E-state index contributed by atoms with van der Waals surface area (Å²) >= 11 is 0. The van der Waals surface area contributed by atoms with E-state index in [0.717, 1.165) is 16.9 Å². The summed E-state index contributed by atoms with van der Waals surface area (Å²) in [6.45, 7) is 4.49. The van der Waals surface area contributed by atoms with Gasteiger partial charge in [0, 0.05) is 12.7 Å². The lowest BCUT2D eigenvalue weighted by Gasteiger charge is -2.16. The van der Waals surface area contributed by atoms with Gasteiger partial charge in [0.1, 0.15) is 11.5 Å². The molecule has 0 aliphatic carbocycles. The van der Waals surface area contributed by atoms with E-state index >= 15 is 0 Å². The summed E-state index contributed by atoms with van der Waals surface area (Å²) < 4.78 is 11.4. The van der Waals surface area contributed by atoms with E-state index in [0.29, 0.717) is 35.0 Å². The molecule has 4 rings (SSSR count). The predicted molar refractivity (Wildman–Crippen MR) is 120 cm³/mol. The number of carbonyl (C=O) groups is 2. The van der Waals surface area contributed by atoms with Gasteiger partial charge in [0.15, 0.2) is 5.75 Å². The zero-order chi connectivity index (χ0) is 22.0. The molecule has 3 aromatic carbocycles. The van der Waals surface area contributed by atoms with Crippen molar-refractivity contribution in [2.24, 2.45) is 0 Å². The second-order valence-electron chi connectivity index (χ2n) is 7.45. The van der Waals surface area contributed by atoms with Crippen molar-refractivity contribution in [2.75, 3.05) is 23.9 Å². The van der Waals surface area contributed by atoms with Crippen LogP contribution in [0.25, 0.3) is 0 Å². The Hall–Kier alpha value is -3.80. The van der Waals surface area contributed by atoms with E-state index in [9.17, 15) is 9.59 Å². The van der Waals surface area contributed by atoms with Crippen LogP contribution >= 0.6 is 0 Å². The Kier molecular flexibility index (Phi) is 5.62. The van der Waals surface area contributed by atoms with Gasteiger partial charge >= 0.3 is 0 Å². The van der Waals surface area contributed by atoms with E-state index in [2.05, 4.69) is 5.32 Å². The summed E-state index contributed by atoms with van der Waals surface area (Å²) in [6.07, 6.45) is 0.221. The van der Waals surface area contributed by atoms with Crippen molar-refractivity contribution in [3.05, 3.63) is 77.4 Å². The first kappa shape index (κ1) is 20.5. The van der Waals surface area contributed by atoms with Crippen molar-refractivity contribution in [2.45, 2.75) is 20.3 Å². The minimum atomic E-state index is -0.193. The van der Waals surface area contributed by atoms with Gasteiger partial charge in [-0.05, 0) is 67.4 Å². The third kappa shape index (κ3) is 4.38. The summed E-state index contributed by atoms with van der Waals surface area (Å²) in [6, 6.07) is 18.2. The van der Waals surface area contributed by atoms with E-state index in [1.807, 2.05) is 56.3 Å². The molecule has 0 fully saturated rings. The molecule has 0 radical (unpaired) electrons. The first-order valence-electron chi connectivity index (χ1n) is 10.2. The molecule has 3 aromatic rings. The van der Waals surface area contributed by atoms with Gasteiger partial charge in [0.2, 0.25) is 5.91 Å². The molecule has 6 nitrogen and oxygen atoms in total. The zero-order valence-electron chi connectivity index (χ0n) is 17.8. The molecule has 2 amide bonds. The van der Waals surface area contributed by atoms with Gasteiger partial charge in [0.25, 0.3) is 5.91 Å². The molecule has 1 aliphatic rings. The highest BCUT2D eigenvalue weighted by Crippen LogP contribution is 2.39. The van der Waals surface area contributed by atoms with Crippen LogP contribution < -0.4 is 19.7 Å². The van der Waals surface area contributed by atoms with Crippen molar-refractivity contribution < 1.29 is 19.1 Å². The van der Waals surface area contributed by atoms with E-state index in [1.54, 1.807) is 30.1 Å². The number of benzene rings is 3. The summed E-state index contributed by atoms with van der Waals surface area (Å²) in [5.41, 5.74) is 3.57. The van der Waals surface area contributed by atoms with Crippen LogP contribution in [0.3, 0.4) is 0 Å². The van der Waals surface area contributed by atoms with Crippen molar-refractivity contribution in [3.63, 3.8) is 0 Å². The number of nitrogens with zero attached hydrogens (tertiary/aromatic N) is 1. The molecule has 0 bridgehead atoms. The quantitative estimate of drug-likeness (QED) is 0.639. The van der Waals surface area contributed by atoms with Crippen LogP contribution in [0, 0.1) is 6.92 Å². The number of aryl methyl sites for hydroxylation is 1. The van der Waals surface area contributed by atoms with Crippen LogP contribution in [-0.4, -0.2) is 25.5 Å². The summed E-state index contributed by atoms with van der Waals surface area (Å²) in [5, 5.41) is 2.87. The molecule has 31 heavy (non-hydrogen) atoms. The predicted octanol–water partition coefficient (Wildman–Crippen LogP) is 4.96. The third-order valence-electron chi connectivity index (χ3n) is 5.09. The van der Waals surface area contributed by atoms with Crippen LogP contribution in [0.15, 0.2) is 60.7 Å². The Balaban J connectivity index is 1.51. The molecule has 0 saturated heterocycles. The Morgan fingerprint density at radius 1 is 1.03 bits per heavy atom. The molecule has 0 saturated carbocycles. The van der Waals surface area contributed by atoms with Gasteiger partial charge in [-0.1, -0.05) is 18.2 Å². The lowest BCUT2D eigenvalue weighted by atomic mass is 10.1. The minimum absolute atomic E-state index is 0.168. The number of nitrogens with one attached hydrogen (secondary N) is 1. The van der Waals surface area contributed by atoms with Crippen LogP contribution in [0.2, 0.25) is 0 Å². The molecular weight excluding hydrogens is 392 g/mol. The number of hydrogen-bond donors (Lipinski definition) is 1. The van der Waals surface area contributed by atoms with Gasteiger partial charge < -0.3 is 19.7 Å². The Morgan fingerprint density at radius 3 is 2.52 bits per heavy atom. The van der Waals surface area contributed by atoms with Crippen molar-refractivity contribution >= 4 is 23.2 Å². The zero-order valence-corrected chi connectivity index (χ0v) is 17.8. The lowest BCUT2D eigenvalue weighted by molar-refractivity contribution is -0.115. The van der Waals surface area contributed by atoms with E-state index in [1.165, 1.54) is 0 Å². The molecule has 1 heterocycles. The Morgan fingerprint density at radius 2 is 1.77 bits per heavy atom. The molecular formula is C25H24N2O4. The largest absolute Gasteiger partial charge is 0.494 e. The number of amides is 2. The maximum Gasteiger partial charge on any atom is 0.261 e. The fourth-order valence-corrected chi connectivity index (χ4v) is 3.51. The number of carbonyl (C=O) groups excluding carboxylic acids is 2. The van der Waals surface area contributed by atoms with Gasteiger partial charge in [-0.25, -0.2) is 0 Å². The summed E-state index contributed by atoms with van der Waals surface area (Å²) in [5.74, 6) is 1.49. The first-order valence-corrected chi connectivity index (χ1v) is 10.2. The fraction of sp³-hybridized carbons (Fsp3) is 0.200. The van der Waals surface area contributed by atoms with Crippen molar-refractivity contribution in [1.29, 1.82) is 0 Å². The molecule has 1 aliphatic heterocycles. The number of hydrogen-bond acceptors (Lipinski definition) is 4. The van der Waals surface area contributed by atoms with E-state index in [4.69, 9.17) is 9.47 Å². The third-order valence-corrected chi connectivity index (χ3v) is 5.09. The molecule has 6 heteroatoms. The standard InChI is InChI=1S/C25H24N2O4/c1-4-30-19-9-6-17(7-10-19)14-24(28)26-18-8-12-22-20(15-18)25(29)27(3)21-13-16(2)5-11-23(21)31-22/h5-13,15H,4,14H2,1-3H3,(H,26,28). The van der Waals surface area contributed by atoms with Crippen LogP contribution in [-0.2, 0) is 11.2 Å². The lowest BCUT2D eigenvalue weighted by Crippen LogP contribution is -2.25. The van der Waals surface area contributed by atoms with Crippen LogP contribution in [0.1, 0.15) is 28.4 Å². The second-order valence-corrected chi connectivity index (χ2v) is 7.45. The van der Waals surface area contributed by atoms with E-state index in [-0.39, 0.29) is 18.2 Å². The van der Waals surface area contributed by atoms with Gasteiger partial charge in [-0.15, -0.1) is 0 Å². The van der Waals surface area contributed by atoms with Gasteiger partial charge in [-0.2, -0.15) is 0 Å². The average molecular weight is 416 g/mol. The van der Waals surface area contributed by atoms with Crippen molar-refractivity contribution in [3.8, 4) is 17.2 Å². The highest BCUT2D eigenvalue weighted by atomic mass is 16.5. The Bertz CT molecular complexity index is 1140. The maximum absolute atomic E-state index is 13.0. The Labute approximate surface area is 181 Å². The number of fused-ring (bicyclic) bond motifs is 2. The highest BCUT2D eigenvalue weighted by Gasteiger charge is 2.26. The van der Waals surface area contributed by atoms with Gasteiger partial charge in [0.05, 0.1) is 24.3 Å². The van der Waals surface area contributed by atoms with Crippen LogP contribution in [0.5, 0.6) is 17.2 Å². The normalized spacial score (nSPS) is 12.4. The maximum atomic E-state index is 13.0. The molecule has 0 atom stereocenters. The molecule has 1 N–H and O–H groups in total. The smallest absolute Gasteiger partial charge is 0.261 e. The van der Waals surface area contributed by atoms with Crippen molar-refractivity contribution in [1.82, 2.24) is 0 Å². The topological polar surface area (TPSA) is 67.9 Å². The monoisotopic (exact) mass is 416 g/mol.